The second-order valence-electron chi connectivity index (χ2n) is 5.91. The molecule has 6 heteroatoms. The summed E-state index contributed by atoms with van der Waals surface area (Å²) in [5.74, 6) is 1.64. The SMILES string of the molecule is CCNC(=NCc1cnn(-c2ccccc2)c1)NCCOc1ccccc1. The van der Waals surface area contributed by atoms with Crippen molar-refractivity contribution in [1.29, 1.82) is 0 Å². The van der Waals surface area contributed by atoms with Gasteiger partial charge < -0.3 is 15.4 Å². The lowest BCUT2D eigenvalue weighted by atomic mass is 10.3. The van der Waals surface area contributed by atoms with Crippen LogP contribution in [0.1, 0.15) is 12.5 Å². The van der Waals surface area contributed by atoms with E-state index in [2.05, 4.69) is 20.7 Å². The molecule has 6 nitrogen and oxygen atoms in total. The van der Waals surface area contributed by atoms with Crippen LogP contribution in [0.15, 0.2) is 78.0 Å². The van der Waals surface area contributed by atoms with Crippen molar-refractivity contribution in [3.05, 3.63) is 78.6 Å². The van der Waals surface area contributed by atoms with E-state index in [9.17, 15) is 0 Å². The van der Waals surface area contributed by atoms with Gasteiger partial charge in [-0.05, 0) is 31.2 Å². The van der Waals surface area contributed by atoms with E-state index in [1.807, 2.05) is 84.7 Å². The molecule has 0 amide bonds. The number of para-hydroxylation sites is 2. The fourth-order valence-electron chi connectivity index (χ4n) is 2.53. The van der Waals surface area contributed by atoms with Crippen LogP contribution in [-0.2, 0) is 6.54 Å². The van der Waals surface area contributed by atoms with E-state index in [4.69, 9.17) is 4.74 Å². The third-order valence-corrected chi connectivity index (χ3v) is 3.83. The average molecular weight is 363 g/mol. The van der Waals surface area contributed by atoms with Gasteiger partial charge in [0.1, 0.15) is 12.4 Å². The van der Waals surface area contributed by atoms with Crippen molar-refractivity contribution in [2.45, 2.75) is 13.5 Å². The minimum absolute atomic E-state index is 0.557. The fourth-order valence-corrected chi connectivity index (χ4v) is 2.53. The Morgan fingerprint density at radius 3 is 2.52 bits per heavy atom. The van der Waals surface area contributed by atoms with Crippen LogP contribution in [-0.4, -0.2) is 35.4 Å². The largest absolute Gasteiger partial charge is 0.492 e. The van der Waals surface area contributed by atoms with Gasteiger partial charge in [0, 0.05) is 18.3 Å². The summed E-state index contributed by atoms with van der Waals surface area (Å²) >= 11 is 0. The van der Waals surface area contributed by atoms with Gasteiger partial charge in [0.2, 0.25) is 0 Å². The number of aromatic nitrogens is 2. The van der Waals surface area contributed by atoms with Crippen LogP contribution < -0.4 is 15.4 Å². The highest BCUT2D eigenvalue weighted by Crippen LogP contribution is 2.09. The summed E-state index contributed by atoms with van der Waals surface area (Å²) in [6.07, 6.45) is 3.85. The number of nitrogens with zero attached hydrogens (tertiary/aromatic N) is 3. The van der Waals surface area contributed by atoms with E-state index in [1.54, 1.807) is 0 Å². The molecule has 0 atom stereocenters. The monoisotopic (exact) mass is 363 g/mol. The molecule has 1 aromatic heterocycles. The Morgan fingerprint density at radius 2 is 1.78 bits per heavy atom. The first-order chi connectivity index (χ1) is 13.3. The molecule has 140 valence electrons. The van der Waals surface area contributed by atoms with Crippen molar-refractivity contribution in [2.24, 2.45) is 4.99 Å². The summed E-state index contributed by atoms with van der Waals surface area (Å²) in [6, 6.07) is 19.8. The van der Waals surface area contributed by atoms with E-state index in [1.165, 1.54) is 0 Å². The second-order valence-corrected chi connectivity index (χ2v) is 5.91. The second kappa shape index (κ2) is 10.0. The predicted octanol–water partition coefficient (Wildman–Crippen LogP) is 3.01. The highest BCUT2D eigenvalue weighted by Gasteiger charge is 2.02. The van der Waals surface area contributed by atoms with Gasteiger partial charge in [0.15, 0.2) is 5.96 Å². The fraction of sp³-hybridized carbons (Fsp3) is 0.238. The maximum absolute atomic E-state index is 5.69. The van der Waals surface area contributed by atoms with E-state index < -0.39 is 0 Å². The topological polar surface area (TPSA) is 63.5 Å². The van der Waals surface area contributed by atoms with Crippen molar-refractivity contribution in [3.8, 4) is 11.4 Å². The third-order valence-electron chi connectivity index (χ3n) is 3.83. The molecule has 0 spiro atoms. The lowest BCUT2D eigenvalue weighted by Crippen LogP contribution is -2.39. The van der Waals surface area contributed by atoms with E-state index >= 15 is 0 Å². The van der Waals surface area contributed by atoms with Crippen LogP contribution in [0.2, 0.25) is 0 Å². The normalized spacial score (nSPS) is 11.2. The predicted molar refractivity (Wildman–Crippen MR) is 108 cm³/mol. The Bertz CT molecular complexity index is 830. The summed E-state index contributed by atoms with van der Waals surface area (Å²) in [5, 5.41) is 10.9. The first-order valence-corrected chi connectivity index (χ1v) is 9.14. The molecular weight excluding hydrogens is 338 g/mol. The molecule has 27 heavy (non-hydrogen) atoms. The molecule has 3 rings (SSSR count). The molecule has 2 N–H and O–H groups in total. The number of hydrogen-bond acceptors (Lipinski definition) is 3. The van der Waals surface area contributed by atoms with Crippen LogP contribution in [0.3, 0.4) is 0 Å². The van der Waals surface area contributed by atoms with Crippen molar-refractivity contribution in [3.63, 3.8) is 0 Å². The molecule has 2 aromatic carbocycles. The Hall–Kier alpha value is -3.28. The van der Waals surface area contributed by atoms with E-state index in [0.29, 0.717) is 19.7 Å². The first-order valence-electron chi connectivity index (χ1n) is 9.14. The number of guanidine groups is 1. The summed E-state index contributed by atoms with van der Waals surface area (Å²) in [5.41, 5.74) is 2.09. The number of hydrogen-bond donors (Lipinski definition) is 2. The highest BCUT2D eigenvalue weighted by atomic mass is 16.5. The number of aliphatic imine (C=N–C) groups is 1. The Morgan fingerprint density at radius 1 is 1.04 bits per heavy atom. The van der Waals surface area contributed by atoms with Gasteiger partial charge in [-0.25, -0.2) is 9.67 Å². The van der Waals surface area contributed by atoms with E-state index in [-0.39, 0.29) is 0 Å². The molecular formula is C21H25N5O. The lowest BCUT2D eigenvalue weighted by Gasteiger charge is -2.11. The number of rotatable bonds is 8. The van der Waals surface area contributed by atoms with Crippen LogP contribution in [0.4, 0.5) is 0 Å². The van der Waals surface area contributed by atoms with Crippen molar-refractivity contribution in [1.82, 2.24) is 20.4 Å². The summed E-state index contributed by atoms with van der Waals surface area (Å²) < 4.78 is 7.55. The number of nitrogens with one attached hydrogen (secondary N) is 2. The molecule has 0 bridgehead atoms. The van der Waals surface area contributed by atoms with Crippen molar-refractivity contribution in [2.75, 3.05) is 19.7 Å². The van der Waals surface area contributed by atoms with E-state index in [0.717, 1.165) is 29.5 Å². The zero-order valence-electron chi connectivity index (χ0n) is 15.5. The maximum Gasteiger partial charge on any atom is 0.191 e. The van der Waals surface area contributed by atoms with Gasteiger partial charge in [-0.2, -0.15) is 5.10 Å². The summed E-state index contributed by atoms with van der Waals surface area (Å²) in [7, 11) is 0. The van der Waals surface area contributed by atoms with Crippen molar-refractivity contribution < 1.29 is 4.74 Å². The summed E-state index contributed by atoms with van der Waals surface area (Å²) in [4.78, 5) is 4.62. The van der Waals surface area contributed by atoms with Gasteiger partial charge >= 0.3 is 0 Å². The molecule has 0 radical (unpaired) electrons. The minimum atomic E-state index is 0.557. The van der Waals surface area contributed by atoms with Gasteiger partial charge in [-0.1, -0.05) is 36.4 Å². The maximum atomic E-state index is 5.69. The molecule has 0 saturated heterocycles. The summed E-state index contributed by atoms with van der Waals surface area (Å²) in [6.45, 7) is 4.64. The standard InChI is InChI=1S/C21H25N5O/c1-2-22-21(23-13-14-27-20-11-7-4-8-12-20)24-15-18-16-25-26(17-18)19-9-5-3-6-10-19/h3-12,16-17H,2,13-15H2,1H3,(H2,22,23,24). The van der Waals surface area contributed by atoms with Gasteiger partial charge in [0.05, 0.1) is 25.0 Å². The van der Waals surface area contributed by atoms with Crippen molar-refractivity contribution >= 4 is 5.96 Å². The third kappa shape index (κ3) is 5.88. The van der Waals surface area contributed by atoms with Gasteiger partial charge in [0.25, 0.3) is 0 Å². The molecule has 1 heterocycles. The van der Waals surface area contributed by atoms with Gasteiger partial charge in [-0.3, -0.25) is 0 Å². The molecule has 0 aliphatic heterocycles. The Kier molecular flexibility index (Phi) is 6.86. The highest BCUT2D eigenvalue weighted by molar-refractivity contribution is 5.79. The van der Waals surface area contributed by atoms with Crippen LogP contribution in [0.5, 0.6) is 5.75 Å². The number of ether oxygens (including phenoxy) is 1. The zero-order chi connectivity index (χ0) is 18.7. The van der Waals surface area contributed by atoms with Crippen LogP contribution in [0, 0.1) is 0 Å². The van der Waals surface area contributed by atoms with Crippen LogP contribution >= 0.6 is 0 Å². The Labute approximate surface area is 159 Å². The van der Waals surface area contributed by atoms with Crippen LogP contribution in [0.25, 0.3) is 5.69 Å². The molecule has 0 aliphatic carbocycles. The molecule has 0 fully saturated rings. The lowest BCUT2D eigenvalue weighted by molar-refractivity contribution is 0.322. The molecule has 0 unspecified atom stereocenters. The number of benzene rings is 2. The zero-order valence-corrected chi connectivity index (χ0v) is 15.5. The minimum Gasteiger partial charge on any atom is -0.492 e. The first kappa shape index (κ1) is 18.5. The molecule has 3 aromatic rings. The Balaban J connectivity index is 1.50. The molecule has 0 aliphatic rings. The van der Waals surface area contributed by atoms with Gasteiger partial charge in [-0.15, -0.1) is 0 Å². The smallest absolute Gasteiger partial charge is 0.191 e. The molecule has 0 saturated carbocycles. The average Bonchev–Trinajstić information content (AvgIpc) is 3.20. The quantitative estimate of drug-likeness (QED) is 0.367.